The fourth-order valence-electron chi connectivity index (χ4n) is 1.95. The van der Waals surface area contributed by atoms with E-state index in [4.69, 9.17) is 5.73 Å². The van der Waals surface area contributed by atoms with E-state index in [-0.39, 0.29) is 11.7 Å². The zero-order chi connectivity index (χ0) is 12.5. The van der Waals surface area contributed by atoms with Gasteiger partial charge in [-0.05, 0) is 12.8 Å². The molecule has 1 amide bonds. The predicted molar refractivity (Wildman–Crippen MR) is 66.1 cm³/mol. The number of hydrogen-bond donors (Lipinski definition) is 2. The van der Waals surface area contributed by atoms with Crippen molar-refractivity contribution < 1.29 is 9.59 Å². The van der Waals surface area contributed by atoms with Crippen LogP contribution in [0.25, 0.3) is 0 Å². The van der Waals surface area contributed by atoms with Gasteiger partial charge in [-0.3, -0.25) is 9.59 Å². The molecule has 0 bridgehead atoms. The average Bonchev–Trinajstić information content (AvgIpc) is 2.88. The highest BCUT2D eigenvalue weighted by Crippen LogP contribution is 2.29. The van der Waals surface area contributed by atoms with Gasteiger partial charge in [0, 0.05) is 6.92 Å². The number of nitrogens with one attached hydrogen (secondary N) is 1. The molecule has 92 valence electrons. The van der Waals surface area contributed by atoms with Crippen molar-refractivity contribution in [1.82, 2.24) is 4.98 Å². The lowest BCUT2D eigenvalue weighted by atomic mass is 9.98. The van der Waals surface area contributed by atoms with E-state index in [0.29, 0.717) is 22.9 Å². The van der Waals surface area contributed by atoms with E-state index in [1.165, 1.54) is 24.5 Å². The lowest BCUT2D eigenvalue weighted by Crippen LogP contribution is -2.48. The molecule has 3 N–H and O–H groups in total. The van der Waals surface area contributed by atoms with E-state index in [9.17, 15) is 9.59 Å². The van der Waals surface area contributed by atoms with Gasteiger partial charge in [0.15, 0.2) is 10.9 Å². The van der Waals surface area contributed by atoms with Gasteiger partial charge in [-0.15, -0.1) is 0 Å². The van der Waals surface area contributed by atoms with Crippen LogP contribution in [0.5, 0.6) is 0 Å². The number of Topliss-reactive ketones (excluding diaryl/α,β-unsaturated/α-hetero) is 1. The first-order chi connectivity index (χ1) is 8.01. The zero-order valence-electron chi connectivity index (χ0n) is 9.66. The molecule has 2 rings (SSSR count). The Bertz CT molecular complexity index is 449. The number of nitrogens with zero attached hydrogens (tertiary/aromatic N) is 1. The molecule has 1 saturated carbocycles. The number of amides is 1. The summed E-state index contributed by atoms with van der Waals surface area (Å²) in [5.41, 5.74) is 5.25. The topological polar surface area (TPSA) is 85.1 Å². The van der Waals surface area contributed by atoms with Gasteiger partial charge < -0.3 is 11.1 Å². The Morgan fingerprint density at radius 2 is 2.12 bits per heavy atom. The third-order valence-corrected chi connectivity index (χ3v) is 4.03. The second-order valence-electron chi connectivity index (χ2n) is 4.40. The van der Waals surface area contributed by atoms with Gasteiger partial charge in [0.2, 0.25) is 5.91 Å². The third kappa shape index (κ3) is 2.53. The maximum atomic E-state index is 12.0. The molecule has 5 nitrogen and oxygen atoms in total. The Hall–Kier alpha value is -1.27. The van der Waals surface area contributed by atoms with Crippen molar-refractivity contribution in [2.75, 3.05) is 5.32 Å². The normalized spacial score (nSPS) is 18.0. The van der Waals surface area contributed by atoms with E-state index in [1.54, 1.807) is 0 Å². The molecule has 1 aliphatic rings. The van der Waals surface area contributed by atoms with Crippen LogP contribution in [0, 0.1) is 0 Å². The van der Waals surface area contributed by atoms with Crippen molar-refractivity contribution in [3.05, 3.63) is 11.1 Å². The van der Waals surface area contributed by atoms with E-state index in [0.717, 1.165) is 12.8 Å². The number of carbonyl (C=O) groups is 2. The van der Waals surface area contributed by atoms with Crippen LogP contribution in [-0.2, 0) is 4.79 Å². The fraction of sp³-hybridized carbons (Fsp3) is 0.545. The van der Waals surface area contributed by atoms with Gasteiger partial charge in [-0.25, -0.2) is 4.98 Å². The monoisotopic (exact) mass is 253 g/mol. The van der Waals surface area contributed by atoms with Crippen LogP contribution in [-0.4, -0.2) is 22.2 Å². The highest BCUT2D eigenvalue weighted by molar-refractivity contribution is 7.17. The lowest BCUT2D eigenvalue weighted by molar-refractivity contribution is -0.121. The summed E-state index contributed by atoms with van der Waals surface area (Å²) in [5.74, 6) is -0.245. The molecule has 1 heterocycles. The van der Waals surface area contributed by atoms with Crippen LogP contribution < -0.4 is 11.1 Å². The number of rotatable bonds is 3. The van der Waals surface area contributed by atoms with Gasteiger partial charge >= 0.3 is 0 Å². The summed E-state index contributed by atoms with van der Waals surface area (Å²) in [7, 11) is 0. The van der Waals surface area contributed by atoms with Crippen molar-refractivity contribution >= 4 is 28.2 Å². The summed E-state index contributed by atoms with van der Waals surface area (Å²) in [5, 5.41) is 3.13. The Labute approximate surface area is 103 Å². The second kappa shape index (κ2) is 4.54. The summed E-state index contributed by atoms with van der Waals surface area (Å²) in [4.78, 5) is 27.6. The Balaban J connectivity index is 2.05. The van der Waals surface area contributed by atoms with Crippen LogP contribution >= 0.6 is 11.3 Å². The standard InChI is InChI=1S/C11H15N3O2S/c1-7(15)8-6-13-10(17-8)14-9(16)11(12)4-2-3-5-11/h6H,2-5,12H2,1H3,(H,13,14,16). The molecule has 0 unspecified atom stereocenters. The number of aromatic nitrogens is 1. The number of carbonyl (C=O) groups excluding carboxylic acids is 2. The molecule has 0 saturated heterocycles. The van der Waals surface area contributed by atoms with Crippen LogP contribution in [0.1, 0.15) is 42.3 Å². The van der Waals surface area contributed by atoms with Crippen molar-refractivity contribution in [3.63, 3.8) is 0 Å². The van der Waals surface area contributed by atoms with E-state index in [1.807, 2.05) is 0 Å². The largest absolute Gasteiger partial charge is 0.317 e. The molecule has 0 radical (unpaired) electrons. The summed E-state index contributed by atoms with van der Waals surface area (Å²) >= 11 is 1.18. The smallest absolute Gasteiger partial charge is 0.246 e. The van der Waals surface area contributed by atoms with Crippen molar-refractivity contribution in [2.24, 2.45) is 5.73 Å². The molecule has 6 heteroatoms. The van der Waals surface area contributed by atoms with Crippen LogP contribution in [0.15, 0.2) is 6.20 Å². The third-order valence-electron chi connectivity index (χ3n) is 3.02. The van der Waals surface area contributed by atoms with E-state index >= 15 is 0 Å². The van der Waals surface area contributed by atoms with Crippen LogP contribution in [0.3, 0.4) is 0 Å². The highest BCUT2D eigenvalue weighted by atomic mass is 32.1. The van der Waals surface area contributed by atoms with Gasteiger partial charge in [-0.2, -0.15) is 0 Å². The number of nitrogens with two attached hydrogens (primary N) is 1. The van der Waals surface area contributed by atoms with Crippen LogP contribution in [0.2, 0.25) is 0 Å². The van der Waals surface area contributed by atoms with Crippen LogP contribution in [0.4, 0.5) is 5.13 Å². The molecule has 1 aliphatic carbocycles. The zero-order valence-corrected chi connectivity index (χ0v) is 10.5. The predicted octanol–water partition coefficient (Wildman–Crippen LogP) is 1.56. The van der Waals surface area contributed by atoms with Gasteiger partial charge in [0.1, 0.15) is 0 Å². The number of anilines is 1. The molecule has 17 heavy (non-hydrogen) atoms. The van der Waals surface area contributed by atoms with Gasteiger partial charge in [0.05, 0.1) is 16.6 Å². The van der Waals surface area contributed by atoms with Crippen molar-refractivity contribution in [2.45, 2.75) is 38.1 Å². The van der Waals surface area contributed by atoms with Gasteiger partial charge in [-0.1, -0.05) is 24.2 Å². The first-order valence-electron chi connectivity index (χ1n) is 5.58. The molecular weight excluding hydrogens is 238 g/mol. The summed E-state index contributed by atoms with van der Waals surface area (Å²) in [6.45, 7) is 1.47. The Morgan fingerprint density at radius 1 is 1.47 bits per heavy atom. The molecule has 0 atom stereocenters. The first kappa shape index (κ1) is 12.2. The highest BCUT2D eigenvalue weighted by Gasteiger charge is 2.37. The van der Waals surface area contributed by atoms with Crippen molar-refractivity contribution in [1.29, 1.82) is 0 Å². The lowest BCUT2D eigenvalue weighted by Gasteiger charge is -2.21. The van der Waals surface area contributed by atoms with E-state index in [2.05, 4.69) is 10.3 Å². The van der Waals surface area contributed by atoms with Crippen molar-refractivity contribution in [3.8, 4) is 0 Å². The van der Waals surface area contributed by atoms with E-state index < -0.39 is 5.54 Å². The molecule has 1 fully saturated rings. The first-order valence-corrected chi connectivity index (χ1v) is 6.40. The molecule has 0 aromatic carbocycles. The Morgan fingerprint density at radius 3 is 2.65 bits per heavy atom. The summed E-state index contributed by atoms with van der Waals surface area (Å²) in [6, 6.07) is 0. The minimum absolute atomic E-state index is 0.0497. The summed E-state index contributed by atoms with van der Waals surface area (Å²) < 4.78 is 0. The molecule has 0 aliphatic heterocycles. The number of thiazole rings is 1. The molecule has 0 spiro atoms. The second-order valence-corrected chi connectivity index (χ2v) is 5.43. The maximum Gasteiger partial charge on any atom is 0.246 e. The maximum absolute atomic E-state index is 12.0. The molecule has 1 aromatic rings. The number of ketones is 1. The Kier molecular flexibility index (Phi) is 3.26. The van der Waals surface area contributed by atoms with Gasteiger partial charge in [0.25, 0.3) is 0 Å². The average molecular weight is 253 g/mol. The fourth-order valence-corrected chi connectivity index (χ4v) is 2.66. The number of hydrogen-bond acceptors (Lipinski definition) is 5. The molecular formula is C11H15N3O2S. The minimum atomic E-state index is -0.762. The summed E-state index contributed by atoms with van der Waals surface area (Å²) in [6.07, 6.45) is 4.87. The SMILES string of the molecule is CC(=O)c1cnc(NC(=O)C2(N)CCCC2)s1. The minimum Gasteiger partial charge on any atom is -0.317 e. The quantitative estimate of drug-likeness (QED) is 0.800. The molecule has 1 aromatic heterocycles.